The summed E-state index contributed by atoms with van der Waals surface area (Å²) in [6, 6.07) is 36.6. The molecule has 36 heavy (non-hydrogen) atoms. The molecule has 0 unspecified atom stereocenters. The number of nitrogens with two attached hydrogens (primary N) is 1. The summed E-state index contributed by atoms with van der Waals surface area (Å²) in [7, 11) is 0. The molecule has 0 aliphatic rings. The molecule has 3 N–H and O–H groups in total. The quantitative estimate of drug-likeness (QED) is 0.214. The van der Waals surface area contributed by atoms with Gasteiger partial charge in [-0.15, -0.1) is 0 Å². The molecule has 0 aromatic heterocycles. The highest BCUT2D eigenvalue weighted by Crippen LogP contribution is 2.36. The number of nitrogens with one attached hydrogen (secondary N) is 1. The zero-order valence-corrected chi connectivity index (χ0v) is 21.8. The first-order valence-electron chi connectivity index (χ1n) is 13.5. The van der Waals surface area contributed by atoms with Gasteiger partial charge in [-0.3, -0.25) is 0 Å². The summed E-state index contributed by atoms with van der Waals surface area (Å²) < 4.78 is 0. The van der Waals surface area contributed by atoms with Crippen LogP contribution >= 0.6 is 0 Å². The van der Waals surface area contributed by atoms with Gasteiger partial charge in [0.1, 0.15) is 0 Å². The number of hydrogen-bond donors (Lipinski definition) is 2. The lowest BCUT2D eigenvalue weighted by Crippen LogP contribution is -2.26. The van der Waals surface area contributed by atoms with Crippen molar-refractivity contribution in [2.24, 2.45) is 5.73 Å². The largest absolute Gasteiger partial charge is 0.376 e. The highest BCUT2D eigenvalue weighted by molar-refractivity contribution is 5.79. The highest BCUT2D eigenvalue weighted by atomic mass is 15.0. The van der Waals surface area contributed by atoms with Gasteiger partial charge in [0.25, 0.3) is 0 Å². The summed E-state index contributed by atoms with van der Waals surface area (Å²) in [4.78, 5) is 0. The van der Waals surface area contributed by atoms with Gasteiger partial charge < -0.3 is 11.1 Å². The van der Waals surface area contributed by atoms with Crippen LogP contribution in [0.25, 0.3) is 11.1 Å². The van der Waals surface area contributed by atoms with Gasteiger partial charge in [0.2, 0.25) is 0 Å². The SMILES string of the molecule is CCCCc1cc(CCCC)cc(-c2ccccc2N[C@@H](c2ccccc2)[C@@H](N)c2ccccc2)c1. The fraction of sp³-hybridized carbons (Fsp3) is 0.294. The van der Waals surface area contributed by atoms with E-state index in [-0.39, 0.29) is 12.1 Å². The maximum absolute atomic E-state index is 6.90. The summed E-state index contributed by atoms with van der Waals surface area (Å²) in [5, 5.41) is 3.86. The van der Waals surface area contributed by atoms with Crippen molar-refractivity contribution >= 4 is 5.69 Å². The first-order chi connectivity index (χ1) is 17.7. The lowest BCUT2D eigenvalue weighted by Gasteiger charge is -2.28. The second-order valence-corrected chi connectivity index (χ2v) is 9.76. The predicted octanol–water partition coefficient (Wildman–Crippen LogP) is 8.89. The molecule has 0 fully saturated rings. The van der Waals surface area contributed by atoms with Gasteiger partial charge in [-0.05, 0) is 59.6 Å². The van der Waals surface area contributed by atoms with E-state index in [2.05, 4.69) is 116 Å². The van der Waals surface area contributed by atoms with E-state index in [1.165, 1.54) is 53.5 Å². The van der Waals surface area contributed by atoms with Crippen LogP contribution in [0.1, 0.15) is 73.9 Å². The monoisotopic (exact) mass is 476 g/mol. The fourth-order valence-corrected chi connectivity index (χ4v) is 4.91. The van der Waals surface area contributed by atoms with Crippen molar-refractivity contribution in [1.82, 2.24) is 0 Å². The maximum Gasteiger partial charge on any atom is 0.0706 e. The Hall–Kier alpha value is -3.36. The van der Waals surface area contributed by atoms with Crippen molar-refractivity contribution in [1.29, 1.82) is 0 Å². The van der Waals surface area contributed by atoms with Crippen LogP contribution in [0.5, 0.6) is 0 Å². The van der Waals surface area contributed by atoms with Gasteiger partial charge in [0.15, 0.2) is 0 Å². The second kappa shape index (κ2) is 13.1. The lowest BCUT2D eigenvalue weighted by molar-refractivity contribution is 0.610. The van der Waals surface area contributed by atoms with Crippen LogP contribution in [0.3, 0.4) is 0 Å². The van der Waals surface area contributed by atoms with Crippen LogP contribution in [0.15, 0.2) is 103 Å². The fourth-order valence-electron chi connectivity index (χ4n) is 4.91. The minimum atomic E-state index is -0.183. The molecule has 0 aliphatic carbocycles. The Bertz CT molecular complexity index is 1170. The molecule has 0 aliphatic heterocycles. The van der Waals surface area contributed by atoms with E-state index in [1.807, 2.05) is 6.07 Å². The molecule has 0 amide bonds. The smallest absolute Gasteiger partial charge is 0.0706 e. The molecule has 0 bridgehead atoms. The summed E-state index contributed by atoms with van der Waals surface area (Å²) in [6.45, 7) is 4.53. The lowest BCUT2D eigenvalue weighted by atomic mass is 9.92. The Labute approximate surface area is 217 Å². The van der Waals surface area contributed by atoms with Crippen molar-refractivity contribution < 1.29 is 0 Å². The van der Waals surface area contributed by atoms with Crippen LogP contribution in [-0.2, 0) is 12.8 Å². The topological polar surface area (TPSA) is 38.0 Å². The summed E-state index contributed by atoms with van der Waals surface area (Å²) in [5.41, 5.74) is 15.7. The molecule has 0 saturated heterocycles. The molecule has 0 spiro atoms. The Morgan fingerprint density at radius 1 is 0.639 bits per heavy atom. The van der Waals surface area contributed by atoms with Gasteiger partial charge in [-0.1, -0.05) is 124 Å². The third-order valence-corrected chi connectivity index (χ3v) is 6.94. The van der Waals surface area contributed by atoms with Crippen molar-refractivity contribution in [2.75, 3.05) is 5.32 Å². The minimum Gasteiger partial charge on any atom is -0.376 e. The van der Waals surface area contributed by atoms with Crippen LogP contribution < -0.4 is 11.1 Å². The van der Waals surface area contributed by atoms with Crippen molar-refractivity contribution in [3.8, 4) is 11.1 Å². The number of aryl methyl sites for hydroxylation is 2. The Morgan fingerprint density at radius 3 is 1.75 bits per heavy atom. The van der Waals surface area contributed by atoms with Crippen LogP contribution in [0.2, 0.25) is 0 Å². The van der Waals surface area contributed by atoms with E-state index >= 15 is 0 Å². The van der Waals surface area contributed by atoms with Gasteiger partial charge in [-0.2, -0.15) is 0 Å². The van der Waals surface area contributed by atoms with Crippen LogP contribution in [0, 0.1) is 0 Å². The summed E-state index contributed by atoms with van der Waals surface area (Å²) in [5.74, 6) is 0. The highest BCUT2D eigenvalue weighted by Gasteiger charge is 2.22. The van der Waals surface area contributed by atoms with Crippen molar-refractivity contribution in [2.45, 2.75) is 64.5 Å². The maximum atomic E-state index is 6.90. The number of unbranched alkanes of at least 4 members (excludes halogenated alkanes) is 2. The van der Waals surface area contributed by atoms with Gasteiger partial charge in [-0.25, -0.2) is 0 Å². The molecular weight excluding hydrogens is 436 g/mol. The van der Waals surface area contributed by atoms with Gasteiger partial charge in [0, 0.05) is 11.3 Å². The van der Waals surface area contributed by atoms with Crippen molar-refractivity contribution in [3.63, 3.8) is 0 Å². The van der Waals surface area contributed by atoms with Crippen LogP contribution in [0.4, 0.5) is 5.69 Å². The summed E-state index contributed by atoms with van der Waals surface area (Å²) >= 11 is 0. The standard InChI is InChI=1S/C34H40N2/c1-3-5-15-26-23-27(16-6-4-2)25-30(24-26)31-21-13-14-22-32(31)36-34(29-19-11-8-12-20-29)33(35)28-17-9-7-10-18-28/h7-14,17-25,33-34,36H,3-6,15-16,35H2,1-2H3/t33-,34-/m0/s1. The number of anilines is 1. The second-order valence-electron chi connectivity index (χ2n) is 9.76. The Kier molecular flexibility index (Phi) is 9.35. The van der Waals surface area contributed by atoms with E-state index < -0.39 is 0 Å². The molecule has 2 heteroatoms. The molecule has 0 radical (unpaired) electrons. The third kappa shape index (κ3) is 6.65. The van der Waals surface area contributed by atoms with Gasteiger partial charge >= 0.3 is 0 Å². The molecule has 2 nitrogen and oxygen atoms in total. The zero-order chi connectivity index (χ0) is 25.2. The summed E-state index contributed by atoms with van der Waals surface area (Å²) in [6.07, 6.45) is 7.12. The number of benzene rings is 4. The molecule has 4 rings (SSSR count). The van der Waals surface area contributed by atoms with Gasteiger partial charge in [0.05, 0.1) is 12.1 Å². The van der Waals surface area contributed by atoms with Crippen molar-refractivity contribution in [3.05, 3.63) is 125 Å². The normalized spacial score (nSPS) is 12.8. The van der Waals surface area contributed by atoms with E-state index in [0.717, 1.165) is 24.1 Å². The number of rotatable bonds is 12. The first-order valence-corrected chi connectivity index (χ1v) is 13.5. The molecule has 186 valence electrons. The van der Waals surface area contributed by atoms with Crippen LogP contribution in [-0.4, -0.2) is 0 Å². The van der Waals surface area contributed by atoms with E-state index in [1.54, 1.807) is 0 Å². The average Bonchev–Trinajstić information content (AvgIpc) is 2.94. The average molecular weight is 477 g/mol. The molecule has 2 atom stereocenters. The minimum absolute atomic E-state index is 0.0578. The Morgan fingerprint density at radius 2 is 1.17 bits per heavy atom. The molecular formula is C34H40N2. The third-order valence-electron chi connectivity index (χ3n) is 6.94. The number of para-hydroxylation sites is 1. The van der Waals surface area contributed by atoms with E-state index in [9.17, 15) is 0 Å². The number of hydrogen-bond acceptors (Lipinski definition) is 2. The predicted molar refractivity (Wildman–Crippen MR) is 155 cm³/mol. The molecule has 4 aromatic carbocycles. The molecule has 0 heterocycles. The zero-order valence-electron chi connectivity index (χ0n) is 21.8. The van der Waals surface area contributed by atoms with E-state index in [4.69, 9.17) is 5.73 Å². The molecule has 0 saturated carbocycles. The Balaban J connectivity index is 1.73. The molecule has 4 aromatic rings. The first kappa shape index (κ1) is 25.7. The van der Waals surface area contributed by atoms with E-state index in [0.29, 0.717) is 0 Å².